The Labute approximate surface area is 95.1 Å². The van der Waals surface area contributed by atoms with Crippen LogP contribution in [0.3, 0.4) is 0 Å². The summed E-state index contributed by atoms with van der Waals surface area (Å²) >= 11 is 0. The Hall–Kier alpha value is -0.260. The summed E-state index contributed by atoms with van der Waals surface area (Å²) in [6.07, 6.45) is 16.6. The van der Waals surface area contributed by atoms with Crippen LogP contribution in [0.15, 0.2) is 12.2 Å². The van der Waals surface area contributed by atoms with Crippen molar-refractivity contribution in [2.45, 2.75) is 65.2 Å². The van der Waals surface area contributed by atoms with Gasteiger partial charge in [-0.15, -0.1) is 0 Å². The molecule has 15 heavy (non-hydrogen) atoms. The lowest BCUT2D eigenvalue weighted by Gasteiger charge is -2.36. The summed E-state index contributed by atoms with van der Waals surface area (Å²) < 4.78 is 0. The van der Waals surface area contributed by atoms with E-state index in [0.29, 0.717) is 0 Å². The second-order valence-electron chi connectivity index (χ2n) is 5.76. The molecule has 2 bridgehead atoms. The molecule has 2 rings (SSSR count). The number of hydrogen-bond donors (Lipinski definition) is 0. The van der Waals surface area contributed by atoms with E-state index < -0.39 is 0 Å². The van der Waals surface area contributed by atoms with Crippen LogP contribution in [0.5, 0.6) is 0 Å². The van der Waals surface area contributed by atoms with E-state index in [0.717, 1.165) is 17.3 Å². The average molecular weight is 206 g/mol. The monoisotopic (exact) mass is 206 g/mol. The number of hydrogen-bond acceptors (Lipinski definition) is 0. The standard InChI is InChI=1S/C15H26/c1-3-5-9-15(10-6-4-2)12-13-7-8-14(15)11-13/h7-8,13-14H,3-6,9-12H2,1-2H3. The van der Waals surface area contributed by atoms with Gasteiger partial charge in [0, 0.05) is 0 Å². The van der Waals surface area contributed by atoms with Crippen LogP contribution in [0, 0.1) is 17.3 Å². The third kappa shape index (κ3) is 2.14. The van der Waals surface area contributed by atoms with Gasteiger partial charge in [0.15, 0.2) is 0 Å². The third-order valence-electron chi connectivity index (χ3n) is 4.68. The van der Waals surface area contributed by atoms with Gasteiger partial charge in [0.25, 0.3) is 0 Å². The van der Waals surface area contributed by atoms with Crippen molar-refractivity contribution in [3.8, 4) is 0 Å². The fourth-order valence-electron chi connectivity index (χ4n) is 3.81. The van der Waals surface area contributed by atoms with Crippen LogP contribution in [-0.2, 0) is 0 Å². The Balaban J connectivity index is 1.99. The zero-order chi connectivity index (χ0) is 10.7. The van der Waals surface area contributed by atoms with E-state index in [4.69, 9.17) is 0 Å². The number of fused-ring (bicyclic) bond motifs is 2. The second kappa shape index (κ2) is 4.72. The van der Waals surface area contributed by atoms with Crippen molar-refractivity contribution in [1.29, 1.82) is 0 Å². The molecule has 2 aliphatic rings. The normalized spacial score (nSPS) is 31.3. The topological polar surface area (TPSA) is 0 Å². The highest BCUT2D eigenvalue weighted by molar-refractivity contribution is 5.15. The Morgan fingerprint density at radius 2 is 1.73 bits per heavy atom. The molecule has 0 aromatic rings. The first-order valence-corrected chi connectivity index (χ1v) is 6.99. The maximum absolute atomic E-state index is 2.54. The summed E-state index contributed by atoms with van der Waals surface area (Å²) in [5.41, 5.74) is 0.728. The number of unbranched alkanes of at least 4 members (excludes halogenated alkanes) is 2. The van der Waals surface area contributed by atoms with Crippen LogP contribution in [0.2, 0.25) is 0 Å². The molecular weight excluding hydrogens is 180 g/mol. The van der Waals surface area contributed by atoms with Gasteiger partial charge in [-0.25, -0.2) is 0 Å². The number of allylic oxidation sites excluding steroid dienone is 2. The van der Waals surface area contributed by atoms with Gasteiger partial charge in [0.2, 0.25) is 0 Å². The molecule has 0 saturated heterocycles. The van der Waals surface area contributed by atoms with Gasteiger partial charge in [0.05, 0.1) is 0 Å². The maximum atomic E-state index is 2.54. The van der Waals surface area contributed by atoms with Crippen LogP contribution in [0.4, 0.5) is 0 Å². The van der Waals surface area contributed by atoms with Gasteiger partial charge < -0.3 is 0 Å². The SMILES string of the molecule is CCCCC1(CCCC)CC2C=CC1C2. The molecule has 0 aromatic carbocycles. The van der Waals surface area contributed by atoms with Crippen LogP contribution in [0.25, 0.3) is 0 Å². The van der Waals surface area contributed by atoms with Crippen LogP contribution >= 0.6 is 0 Å². The van der Waals surface area contributed by atoms with Crippen molar-refractivity contribution >= 4 is 0 Å². The molecule has 1 fully saturated rings. The fraction of sp³-hybridized carbons (Fsp3) is 0.867. The first kappa shape index (κ1) is 11.2. The molecule has 0 N–H and O–H groups in total. The quantitative estimate of drug-likeness (QED) is 0.539. The minimum absolute atomic E-state index is 0.728. The predicted octanol–water partition coefficient (Wildman–Crippen LogP) is 4.95. The minimum Gasteiger partial charge on any atom is -0.0851 e. The van der Waals surface area contributed by atoms with Crippen LogP contribution < -0.4 is 0 Å². The van der Waals surface area contributed by atoms with Crippen LogP contribution in [-0.4, -0.2) is 0 Å². The van der Waals surface area contributed by atoms with Crippen molar-refractivity contribution in [3.05, 3.63) is 12.2 Å². The van der Waals surface area contributed by atoms with Gasteiger partial charge in [-0.3, -0.25) is 0 Å². The molecule has 0 aliphatic heterocycles. The molecule has 0 radical (unpaired) electrons. The second-order valence-corrected chi connectivity index (χ2v) is 5.76. The van der Waals surface area contributed by atoms with Gasteiger partial charge in [-0.2, -0.15) is 0 Å². The molecule has 2 unspecified atom stereocenters. The molecule has 86 valence electrons. The molecule has 0 heterocycles. The summed E-state index contributed by atoms with van der Waals surface area (Å²) in [5, 5.41) is 0. The highest BCUT2D eigenvalue weighted by atomic mass is 14.5. The molecule has 0 heteroatoms. The zero-order valence-electron chi connectivity index (χ0n) is 10.5. The first-order valence-electron chi connectivity index (χ1n) is 6.99. The summed E-state index contributed by atoms with van der Waals surface area (Å²) in [5.74, 6) is 1.89. The highest BCUT2D eigenvalue weighted by Gasteiger charge is 2.46. The number of rotatable bonds is 6. The van der Waals surface area contributed by atoms with Crippen molar-refractivity contribution in [1.82, 2.24) is 0 Å². The van der Waals surface area contributed by atoms with E-state index in [-0.39, 0.29) is 0 Å². The van der Waals surface area contributed by atoms with E-state index in [1.807, 2.05) is 0 Å². The van der Waals surface area contributed by atoms with Gasteiger partial charge in [0.1, 0.15) is 0 Å². The smallest absolute Gasteiger partial charge is 0.0171 e. The van der Waals surface area contributed by atoms with Crippen molar-refractivity contribution in [2.24, 2.45) is 17.3 Å². The lowest BCUT2D eigenvalue weighted by Crippen LogP contribution is -2.25. The Morgan fingerprint density at radius 3 is 2.13 bits per heavy atom. The van der Waals surface area contributed by atoms with Gasteiger partial charge in [-0.1, -0.05) is 51.7 Å². The molecule has 2 aliphatic carbocycles. The molecule has 0 amide bonds. The molecule has 0 spiro atoms. The van der Waals surface area contributed by atoms with E-state index in [2.05, 4.69) is 26.0 Å². The largest absolute Gasteiger partial charge is 0.0851 e. The summed E-state index contributed by atoms with van der Waals surface area (Å²) in [7, 11) is 0. The lowest BCUT2D eigenvalue weighted by molar-refractivity contribution is 0.178. The summed E-state index contributed by atoms with van der Waals surface area (Å²) in [4.78, 5) is 0. The third-order valence-corrected chi connectivity index (χ3v) is 4.68. The Morgan fingerprint density at radius 1 is 1.07 bits per heavy atom. The Bertz CT molecular complexity index is 218. The van der Waals surface area contributed by atoms with Gasteiger partial charge >= 0.3 is 0 Å². The van der Waals surface area contributed by atoms with Crippen molar-refractivity contribution in [3.63, 3.8) is 0 Å². The molecule has 2 atom stereocenters. The Kier molecular flexibility index (Phi) is 3.53. The zero-order valence-corrected chi connectivity index (χ0v) is 10.5. The van der Waals surface area contributed by atoms with E-state index in [9.17, 15) is 0 Å². The minimum atomic E-state index is 0.728. The van der Waals surface area contributed by atoms with E-state index in [1.165, 1.54) is 51.4 Å². The molecule has 1 saturated carbocycles. The average Bonchev–Trinajstić information content (AvgIpc) is 2.84. The van der Waals surface area contributed by atoms with E-state index in [1.54, 1.807) is 0 Å². The summed E-state index contributed by atoms with van der Waals surface area (Å²) in [6, 6.07) is 0. The molecular formula is C15H26. The molecule has 0 nitrogen and oxygen atoms in total. The van der Waals surface area contributed by atoms with Crippen molar-refractivity contribution < 1.29 is 0 Å². The maximum Gasteiger partial charge on any atom is -0.0171 e. The predicted molar refractivity (Wildman–Crippen MR) is 66.8 cm³/mol. The highest BCUT2D eigenvalue weighted by Crippen LogP contribution is 2.57. The molecule has 0 aromatic heterocycles. The fourth-order valence-corrected chi connectivity index (χ4v) is 3.81. The first-order chi connectivity index (χ1) is 7.30. The van der Waals surface area contributed by atoms with Crippen LogP contribution in [0.1, 0.15) is 65.2 Å². The lowest BCUT2D eigenvalue weighted by atomic mass is 9.69. The van der Waals surface area contributed by atoms with E-state index >= 15 is 0 Å². The van der Waals surface area contributed by atoms with Crippen molar-refractivity contribution in [2.75, 3.05) is 0 Å². The van der Waals surface area contributed by atoms with Gasteiger partial charge in [-0.05, 0) is 42.9 Å². The summed E-state index contributed by atoms with van der Waals surface area (Å²) in [6.45, 7) is 4.66.